The van der Waals surface area contributed by atoms with Crippen molar-refractivity contribution in [2.24, 2.45) is 0 Å². The lowest BCUT2D eigenvalue weighted by Gasteiger charge is -2.15. The molecule has 0 saturated carbocycles. The van der Waals surface area contributed by atoms with Crippen LogP contribution < -0.4 is 5.32 Å². The molecule has 1 aromatic heterocycles. The van der Waals surface area contributed by atoms with Crippen LogP contribution in [0.1, 0.15) is 16.8 Å². The molecule has 0 atom stereocenters. The average Bonchev–Trinajstić information content (AvgIpc) is 3.12. The molecule has 3 rings (SSSR count). The molecule has 0 spiro atoms. The number of hydrogen-bond donors (Lipinski definition) is 2. The van der Waals surface area contributed by atoms with Gasteiger partial charge >= 0.3 is 0 Å². The molecule has 0 aliphatic rings. The molecule has 0 aliphatic heterocycles. The van der Waals surface area contributed by atoms with Gasteiger partial charge in [-0.1, -0.05) is 60.7 Å². The Bertz CT molecular complexity index is 819. The molecule has 2 N–H and O–H groups in total. The lowest BCUT2D eigenvalue weighted by atomic mass is 10.0. The molecule has 0 amide bonds. The Morgan fingerprint density at radius 3 is 2.46 bits per heavy atom. The summed E-state index contributed by atoms with van der Waals surface area (Å²) in [6.07, 6.45) is 6.14. The van der Waals surface area contributed by atoms with E-state index in [1.54, 1.807) is 0 Å². The van der Waals surface area contributed by atoms with Crippen molar-refractivity contribution in [2.75, 3.05) is 27.2 Å². The van der Waals surface area contributed by atoms with Crippen LogP contribution >= 0.6 is 0 Å². The van der Waals surface area contributed by atoms with Gasteiger partial charge in [-0.25, -0.2) is 0 Å². The standard InChI is InChI=1S/C22H26N4/c1-23-14-15-26(2)17-21-16-24-25-22(21)13-10-18-8-11-20(12-9-18)19-6-4-3-5-7-19/h3-13,16,23H,14-15,17H2,1-2H3,(H,24,25). The van der Waals surface area contributed by atoms with Crippen molar-refractivity contribution in [3.8, 4) is 11.1 Å². The van der Waals surface area contributed by atoms with Crippen LogP contribution in [-0.2, 0) is 6.54 Å². The van der Waals surface area contributed by atoms with E-state index in [2.05, 4.69) is 88.1 Å². The maximum Gasteiger partial charge on any atom is 0.0623 e. The average molecular weight is 346 g/mol. The molecule has 0 aliphatic carbocycles. The Kier molecular flexibility index (Phi) is 6.36. The smallest absolute Gasteiger partial charge is 0.0623 e. The minimum atomic E-state index is 0.880. The van der Waals surface area contributed by atoms with Crippen LogP contribution in [-0.4, -0.2) is 42.3 Å². The molecule has 4 nitrogen and oxygen atoms in total. The highest BCUT2D eigenvalue weighted by Gasteiger charge is 2.05. The zero-order valence-corrected chi connectivity index (χ0v) is 15.4. The summed E-state index contributed by atoms with van der Waals surface area (Å²) in [4.78, 5) is 2.29. The molecular formula is C22H26N4. The van der Waals surface area contributed by atoms with E-state index >= 15 is 0 Å². The Labute approximate surface area is 155 Å². The minimum absolute atomic E-state index is 0.880. The summed E-state index contributed by atoms with van der Waals surface area (Å²) in [6, 6.07) is 19.1. The Morgan fingerprint density at radius 1 is 1.00 bits per heavy atom. The van der Waals surface area contributed by atoms with Crippen LogP contribution in [0.2, 0.25) is 0 Å². The molecule has 0 radical (unpaired) electrons. The number of likely N-dealkylation sites (N-methyl/N-ethyl adjacent to an activating group) is 2. The van der Waals surface area contributed by atoms with Crippen molar-refractivity contribution in [1.29, 1.82) is 0 Å². The van der Waals surface area contributed by atoms with E-state index in [1.807, 2.05) is 19.3 Å². The topological polar surface area (TPSA) is 44.0 Å². The number of nitrogens with one attached hydrogen (secondary N) is 2. The molecule has 0 bridgehead atoms. The van der Waals surface area contributed by atoms with Gasteiger partial charge in [0.05, 0.1) is 11.9 Å². The first kappa shape index (κ1) is 18.1. The van der Waals surface area contributed by atoms with Crippen molar-refractivity contribution in [3.05, 3.63) is 77.6 Å². The highest BCUT2D eigenvalue weighted by molar-refractivity contribution is 5.71. The predicted octanol–water partition coefficient (Wildman–Crippen LogP) is 3.90. The SMILES string of the molecule is CNCCN(C)Cc1cn[nH]c1C=Cc1ccc(-c2ccccc2)cc1. The Hall–Kier alpha value is -2.69. The largest absolute Gasteiger partial charge is 0.318 e. The van der Waals surface area contributed by atoms with E-state index in [0.29, 0.717) is 0 Å². The molecule has 0 saturated heterocycles. The van der Waals surface area contributed by atoms with E-state index in [0.717, 1.165) is 25.3 Å². The van der Waals surface area contributed by atoms with Crippen molar-refractivity contribution in [3.63, 3.8) is 0 Å². The number of nitrogens with zero attached hydrogens (tertiary/aromatic N) is 2. The van der Waals surface area contributed by atoms with Crippen molar-refractivity contribution < 1.29 is 0 Å². The van der Waals surface area contributed by atoms with Crippen LogP contribution in [0.25, 0.3) is 23.3 Å². The first-order valence-corrected chi connectivity index (χ1v) is 8.95. The number of H-pyrrole nitrogens is 1. The monoisotopic (exact) mass is 346 g/mol. The fourth-order valence-electron chi connectivity index (χ4n) is 2.86. The second-order valence-electron chi connectivity index (χ2n) is 6.47. The number of aromatic amines is 1. The van der Waals surface area contributed by atoms with Gasteiger partial charge in [0.2, 0.25) is 0 Å². The second-order valence-corrected chi connectivity index (χ2v) is 6.47. The van der Waals surface area contributed by atoms with Gasteiger partial charge in [0.25, 0.3) is 0 Å². The third-order valence-electron chi connectivity index (χ3n) is 4.40. The van der Waals surface area contributed by atoms with Gasteiger partial charge in [-0.05, 0) is 36.9 Å². The highest BCUT2D eigenvalue weighted by atomic mass is 15.1. The molecule has 0 fully saturated rings. The van der Waals surface area contributed by atoms with Crippen LogP contribution in [0, 0.1) is 0 Å². The molecule has 3 aromatic rings. The van der Waals surface area contributed by atoms with Crippen molar-refractivity contribution in [1.82, 2.24) is 20.4 Å². The number of benzene rings is 2. The Morgan fingerprint density at radius 2 is 1.73 bits per heavy atom. The Balaban J connectivity index is 1.66. The van der Waals surface area contributed by atoms with Gasteiger partial charge in [0.1, 0.15) is 0 Å². The quantitative estimate of drug-likeness (QED) is 0.650. The lowest BCUT2D eigenvalue weighted by Crippen LogP contribution is -2.27. The fourth-order valence-corrected chi connectivity index (χ4v) is 2.86. The first-order chi connectivity index (χ1) is 12.8. The second kappa shape index (κ2) is 9.13. The van der Waals surface area contributed by atoms with Crippen LogP contribution in [0.5, 0.6) is 0 Å². The van der Waals surface area contributed by atoms with Crippen LogP contribution in [0.15, 0.2) is 60.8 Å². The van der Waals surface area contributed by atoms with E-state index in [4.69, 9.17) is 0 Å². The third-order valence-corrected chi connectivity index (χ3v) is 4.40. The summed E-state index contributed by atoms with van der Waals surface area (Å²) in [6.45, 7) is 2.86. The van der Waals surface area contributed by atoms with Crippen molar-refractivity contribution in [2.45, 2.75) is 6.54 Å². The number of aromatic nitrogens is 2. The summed E-state index contributed by atoms with van der Waals surface area (Å²) >= 11 is 0. The molecule has 4 heteroatoms. The lowest BCUT2D eigenvalue weighted by molar-refractivity contribution is 0.328. The summed E-state index contributed by atoms with van der Waals surface area (Å²) in [5.41, 5.74) is 5.92. The molecule has 0 unspecified atom stereocenters. The molecular weight excluding hydrogens is 320 g/mol. The van der Waals surface area contributed by atoms with Gasteiger partial charge < -0.3 is 10.2 Å². The summed E-state index contributed by atoms with van der Waals surface area (Å²) in [5, 5.41) is 10.5. The van der Waals surface area contributed by atoms with Crippen LogP contribution in [0.4, 0.5) is 0 Å². The van der Waals surface area contributed by atoms with Gasteiger partial charge in [0, 0.05) is 25.2 Å². The molecule has 2 aromatic carbocycles. The zero-order valence-electron chi connectivity index (χ0n) is 15.4. The molecule has 26 heavy (non-hydrogen) atoms. The van der Waals surface area contributed by atoms with E-state index in [9.17, 15) is 0 Å². The van der Waals surface area contributed by atoms with Gasteiger partial charge in [0.15, 0.2) is 0 Å². The number of hydrogen-bond acceptors (Lipinski definition) is 3. The van der Waals surface area contributed by atoms with Gasteiger partial charge in [-0.15, -0.1) is 0 Å². The first-order valence-electron chi connectivity index (χ1n) is 8.95. The maximum absolute atomic E-state index is 4.20. The normalized spacial score (nSPS) is 11.5. The van der Waals surface area contributed by atoms with Crippen molar-refractivity contribution >= 4 is 12.2 Å². The van der Waals surface area contributed by atoms with Gasteiger partial charge in [-0.2, -0.15) is 5.10 Å². The molecule has 1 heterocycles. The maximum atomic E-state index is 4.20. The minimum Gasteiger partial charge on any atom is -0.318 e. The van der Waals surface area contributed by atoms with E-state index in [-0.39, 0.29) is 0 Å². The van der Waals surface area contributed by atoms with E-state index in [1.165, 1.54) is 22.3 Å². The van der Waals surface area contributed by atoms with Gasteiger partial charge in [-0.3, -0.25) is 5.10 Å². The highest BCUT2D eigenvalue weighted by Crippen LogP contribution is 2.20. The summed E-state index contributed by atoms with van der Waals surface area (Å²) < 4.78 is 0. The number of rotatable bonds is 8. The van der Waals surface area contributed by atoms with Crippen LogP contribution in [0.3, 0.4) is 0 Å². The molecule has 134 valence electrons. The predicted molar refractivity (Wildman–Crippen MR) is 110 cm³/mol. The van der Waals surface area contributed by atoms with E-state index < -0.39 is 0 Å². The zero-order chi connectivity index (χ0) is 18.2. The summed E-state index contributed by atoms with van der Waals surface area (Å²) in [5.74, 6) is 0. The fraction of sp³-hybridized carbons (Fsp3) is 0.227. The third kappa shape index (κ3) is 4.91. The summed E-state index contributed by atoms with van der Waals surface area (Å²) in [7, 11) is 4.10.